The molecule has 0 radical (unpaired) electrons. The molecule has 7 heteroatoms. The van der Waals surface area contributed by atoms with Gasteiger partial charge in [0.1, 0.15) is 22.9 Å². The summed E-state index contributed by atoms with van der Waals surface area (Å²) in [7, 11) is 4.57. The zero-order valence-corrected chi connectivity index (χ0v) is 19.7. The lowest BCUT2D eigenvalue weighted by molar-refractivity contribution is 0.0996. The normalized spacial score (nSPS) is 13.5. The minimum Gasteiger partial charge on any atom is -0.495 e. The van der Waals surface area contributed by atoms with Gasteiger partial charge in [-0.1, -0.05) is 0 Å². The number of anilines is 2. The maximum atomic E-state index is 14.0. The molecule has 0 atom stereocenters. The molecule has 34 heavy (non-hydrogen) atoms. The van der Waals surface area contributed by atoms with Crippen LogP contribution in [0.4, 0.5) is 15.8 Å². The van der Waals surface area contributed by atoms with Crippen LogP contribution in [-0.2, 0) is 0 Å². The number of ether oxygens (including phenoxy) is 4. The van der Waals surface area contributed by atoms with Gasteiger partial charge in [0.05, 0.1) is 38.1 Å². The van der Waals surface area contributed by atoms with Gasteiger partial charge in [-0.05, 0) is 74.5 Å². The highest BCUT2D eigenvalue weighted by atomic mass is 19.1. The van der Waals surface area contributed by atoms with Gasteiger partial charge in [-0.25, -0.2) is 4.39 Å². The van der Waals surface area contributed by atoms with Gasteiger partial charge in [0, 0.05) is 11.8 Å². The number of rotatable bonds is 6. The van der Waals surface area contributed by atoms with Crippen molar-refractivity contribution in [2.75, 3.05) is 26.2 Å². The number of halogens is 1. The lowest BCUT2D eigenvalue weighted by Crippen LogP contribution is -2.29. The van der Waals surface area contributed by atoms with Gasteiger partial charge in [-0.2, -0.15) is 0 Å². The standard InChI is InChI=1S/C27H26FNO5/c1-27(2)15-14-20-22(34-27)13-11-21(25(20)33-5)26(30)29(18-8-6-17(28)7-9-18)19-10-12-23(31-3)24(16-19)32-4/h6-16H,1-5H3. The molecule has 1 aliphatic rings. The van der Waals surface area contributed by atoms with Gasteiger partial charge >= 0.3 is 0 Å². The van der Waals surface area contributed by atoms with Crippen molar-refractivity contribution in [3.8, 4) is 23.0 Å². The molecule has 1 aliphatic heterocycles. The largest absolute Gasteiger partial charge is 0.495 e. The summed E-state index contributed by atoms with van der Waals surface area (Å²) in [5.74, 6) is 1.23. The molecular formula is C27H26FNO5. The van der Waals surface area contributed by atoms with E-state index >= 15 is 0 Å². The van der Waals surface area contributed by atoms with Gasteiger partial charge < -0.3 is 18.9 Å². The second-order valence-corrected chi connectivity index (χ2v) is 8.25. The summed E-state index contributed by atoms with van der Waals surface area (Å²) in [5, 5.41) is 0. The van der Waals surface area contributed by atoms with Crippen molar-refractivity contribution in [1.29, 1.82) is 0 Å². The first kappa shape index (κ1) is 23.2. The predicted molar refractivity (Wildman–Crippen MR) is 129 cm³/mol. The number of carbonyl (C=O) groups is 1. The van der Waals surface area contributed by atoms with Crippen molar-refractivity contribution < 1.29 is 28.1 Å². The van der Waals surface area contributed by atoms with Crippen LogP contribution in [0.3, 0.4) is 0 Å². The molecule has 0 saturated carbocycles. The molecule has 176 valence electrons. The Labute approximate surface area is 198 Å². The molecule has 0 aromatic heterocycles. The molecule has 6 nitrogen and oxygen atoms in total. The van der Waals surface area contributed by atoms with Crippen LogP contribution < -0.4 is 23.8 Å². The maximum absolute atomic E-state index is 14.0. The fourth-order valence-corrected chi connectivity index (χ4v) is 3.88. The zero-order chi connectivity index (χ0) is 24.5. The number of nitrogens with zero attached hydrogens (tertiary/aromatic N) is 1. The SMILES string of the molecule is COc1ccc(N(C(=O)c2ccc3c(c2OC)C=CC(C)(C)O3)c2ccc(F)cc2)cc1OC. The summed E-state index contributed by atoms with van der Waals surface area (Å²) in [6.07, 6.45) is 3.81. The van der Waals surface area contributed by atoms with Crippen LogP contribution in [0.5, 0.6) is 23.0 Å². The molecule has 0 bridgehead atoms. The highest BCUT2D eigenvalue weighted by Gasteiger charge is 2.29. The van der Waals surface area contributed by atoms with Crippen LogP contribution in [0.15, 0.2) is 60.7 Å². The fourth-order valence-electron chi connectivity index (χ4n) is 3.88. The van der Waals surface area contributed by atoms with Crippen LogP contribution in [0, 0.1) is 5.82 Å². The lowest BCUT2D eigenvalue weighted by Gasteiger charge is -2.30. The number of amides is 1. The Hall–Kier alpha value is -4.00. The van der Waals surface area contributed by atoms with Crippen molar-refractivity contribution in [3.05, 3.63) is 77.6 Å². The Morgan fingerprint density at radius 2 is 1.56 bits per heavy atom. The summed E-state index contributed by atoms with van der Waals surface area (Å²) in [6.45, 7) is 3.90. The van der Waals surface area contributed by atoms with E-state index in [-0.39, 0.29) is 5.91 Å². The lowest BCUT2D eigenvalue weighted by atomic mass is 9.98. The molecule has 0 saturated heterocycles. The van der Waals surface area contributed by atoms with Crippen molar-refractivity contribution in [1.82, 2.24) is 0 Å². The number of fused-ring (bicyclic) bond motifs is 1. The van der Waals surface area contributed by atoms with E-state index < -0.39 is 11.4 Å². The molecule has 0 spiro atoms. The van der Waals surface area contributed by atoms with Crippen molar-refractivity contribution in [3.63, 3.8) is 0 Å². The van der Waals surface area contributed by atoms with Gasteiger partial charge in [-0.3, -0.25) is 9.69 Å². The third kappa shape index (κ3) is 4.29. The van der Waals surface area contributed by atoms with Gasteiger partial charge in [0.2, 0.25) is 0 Å². The van der Waals surface area contributed by atoms with Crippen LogP contribution in [0.2, 0.25) is 0 Å². The van der Waals surface area contributed by atoms with Crippen molar-refractivity contribution in [2.24, 2.45) is 0 Å². The van der Waals surface area contributed by atoms with Crippen LogP contribution in [0.25, 0.3) is 6.08 Å². The van der Waals surface area contributed by atoms with E-state index in [0.29, 0.717) is 45.5 Å². The molecule has 3 aromatic rings. The van der Waals surface area contributed by atoms with E-state index in [2.05, 4.69) is 0 Å². The maximum Gasteiger partial charge on any atom is 0.266 e. The minimum atomic E-state index is -0.469. The highest BCUT2D eigenvalue weighted by molar-refractivity contribution is 6.13. The van der Waals surface area contributed by atoms with Crippen molar-refractivity contribution >= 4 is 23.4 Å². The highest BCUT2D eigenvalue weighted by Crippen LogP contribution is 2.41. The Balaban J connectivity index is 1.86. The third-order valence-electron chi connectivity index (χ3n) is 5.53. The summed E-state index contributed by atoms with van der Waals surface area (Å²) in [5.41, 5.74) is 1.53. The van der Waals surface area contributed by atoms with E-state index in [0.717, 1.165) is 0 Å². The predicted octanol–water partition coefficient (Wildman–Crippen LogP) is 6.01. The van der Waals surface area contributed by atoms with Gasteiger partial charge in [0.15, 0.2) is 11.5 Å². The summed E-state index contributed by atoms with van der Waals surface area (Å²) in [6, 6.07) is 14.3. The first-order chi connectivity index (χ1) is 16.3. The Morgan fingerprint density at radius 1 is 0.882 bits per heavy atom. The molecule has 0 aliphatic carbocycles. The number of carbonyl (C=O) groups excluding carboxylic acids is 1. The molecule has 1 heterocycles. The fraction of sp³-hybridized carbons (Fsp3) is 0.222. The molecule has 3 aromatic carbocycles. The third-order valence-corrected chi connectivity index (χ3v) is 5.53. The first-order valence-electron chi connectivity index (χ1n) is 10.7. The summed E-state index contributed by atoms with van der Waals surface area (Å²) < 4.78 is 36.2. The van der Waals surface area contributed by atoms with Gasteiger partial charge in [-0.15, -0.1) is 0 Å². The van der Waals surface area contributed by atoms with Crippen LogP contribution in [0.1, 0.15) is 29.8 Å². The van der Waals surface area contributed by atoms with E-state index in [1.54, 1.807) is 42.5 Å². The molecule has 1 amide bonds. The minimum absolute atomic E-state index is 0.327. The molecule has 0 N–H and O–H groups in total. The van der Waals surface area contributed by atoms with E-state index in [1.807, 2.05) is 26.0 Å². The molecule has 4 rings (SSSR count). The summed E-state index contributed by atoms with van der Waals surface area (Å²) >= 11 is 0. The second-order valence-electron chi connectivity index (χ2n) is 8.25. The van der Waals surface area contributed by atoms with Crippen molar-refractivity contribution in [2.45, 2.75) is 19.4 Å². The number of hydrogen-bond acceptors (Lipinski definition) is 5. The average molecular weight is 464 g/mol. The monoisotopic (exact) mass is 463 g/mol. The number of methoxy groups -OCH3 is 3. The van der Waals surface area contributed by atoms with E-state index in [9.17, 15) is 9.18 Å². The number of benzene rings is 3. The smallest absolute Gasteiger partial charge is 0.266 e. The number of hydrogen-bond donors (Lipinski definition) is 0. The van der Waals surface area contributed by atoms with Crippen LogP contribution in [-0.4, -0.2) is 32.8 Å². The topological polar surface area (TPSA) is 57.2 Å². The molecular weight excluding hydrogens is 437 g/mol. The molecule has 0 fully saturated rings. The Bertz CT molecular complexity index is 1250. The van der Waals surface area contributed by atoms with Gasteiger partial charge in [0.25, 0.3) is 5.91 Å². The van der Waals surface area contributed by atoms with E-state index in [1.165, 1.54) is 38.4 Å². The first-order valence-corrected chi connectivity index (χ1v) is 10.7. The molecule has 0 unspecified atom stereocenters. The Morgan fingerprint density at radius 3 is 2.21 bits per heavy atom. The second kappa shape index (κ2) is 9.09. The average Bonchev–Trinajstić information content (AvgIpc) is 2.83. The summed E-state index contributed by atoms with van der Waals surface area (Å²) in [4.78, 5) is 15.5. The van der Waals surface area contributed by atoms with E-state index in [4.69, 9.17) is 18.9 Å². The zero-order valence-electron chi connectivity index (χ0n) is 19.7. The van der Waals surface area contributed by atoms with Crippen LogP contribution >= 0.6 is 0 Å². The Kier molecular flexibility index (Phi) is 6.20. The quantitative estimate of drug-likeness (QED) is 0.448.